The fraction of sp³-hybridized carbons (Fsp3) is 0.154. The van der Waals surface area contributed by atoms with Crippen LogP contribution in [0.15, 0.2) is 48.3 Å². The Morgan fingerprint density at radius 2 is 2.20 bits per heavy atom. The minimum atomic E-state index is -0.626. The van der Waals surface area contributed by atoms with Crippen LogP contribution in [0.4, 0.5) is 0 Å². The zero-order valence-corrected chi connectivity index (χ0v) is 8.62. The Kier molecular flexibility index (Phi) is 2.46. The van der Waals surface area contributed by atoms with Crippen LogP contribution in [0.2, 0.25) is 0 Å². The van der Waals surface area contributed by atoms with Gasteiger partial charge in [0.15, 0.2) is 0 Å². The van der Waals surface area contributed by atoms with Gasteiger partial charge in [-0.2, -0.15) is 0 Å². The molecule has 0 amide bonds. The summed E-state index contributed by atoms with van der Waals surface area (Å²) in [5, 5.41) is 11.1. The molecule has 0 saturated heterocycles. The van der Waals surface area contributed by atoms with Gasteiger partial charge in [0.25, 0.3) is 0 Å². The van der Waals surface area contributed by atoms with E-state index < -0.39 is 6.10 Å². The SMILES string of the molecule is C=C=C(C)C(O)c1c[nH]c2ccccc12. The second-order valence-electron chi connectivity index (χ2n) is 3.55. The molecule has 1 aromatic carbocycles. The van der Waals surface area contributed by atoms with Crippen molar-refractivity contribution in [1.82, 2.24) is 4.98 Å². The molecular formula is C13H13NO. The monoisotopic (exact) mass is 199 g/mol. The number of benzene rings is 1. The van der Waals surface area contributed by atoms with Crippen molar-refractivity contribution >= 4 is 10.9 Å². The van der Waals surface area contributed by atoms with Crippen molar-refractivity contribution in [3.8, 4) is 0 Å². The minimum Gasteiger partial charge on any atom is -0.383 e. The number of aliphatic hydroxyl groups is 1. The summed E-state index contributed by atoms with van der Waals surface area (Å²) in [5.41, 5.74) is 5.36. The van der Waals surface area contributed by atoms with E-state index in [4.69, 9.17) is 0 Å². The molecule has 0 bridgehead atoms. The third-order valence-electron chi connectivity index (χ3n) is 2.60. The van der Waals surface area contributed by atoms with Gasteiger partial charge in [-0.3, -0.25) is 0 Å². The Labute approximate surface area is 88.6 Å². The number of fused-ring (bicyclic) bond motifs is 1. The van der Waals surface area contributed by atoms with Crippen LogP contribution in [0.5, 0.6) is 0 Å². The van der Waals surface area contributed by atoms with Crippen molar-refractivity contribution in [3.63, 3.8) is 0 Å². The second-order valence-corrected chi connectivity index (χ2v) is 3.55. The van der Waals surface area contributed by atoms with Crippen LogP contribution in [0.3, 0.4) is 0 Å². The maximum atomic E-state index is 10.0. The van der Waals surface area contributed by atoms with Gasteiger partial charge in [0.2, 0.25) is 0 Å². The first-order valence-corrected chi connectivity index (χ1v) is 4.84. The number of aromatic nitrogens is 1. The van der Waals surface area contributed by atoms with Gasteiger partial charge in [0.1, 0.15) is 6.10 Å². The summed E-state index contributed by atoms with van der Waals surface area (Å²) < 4.78 is 0. The Morgan fingerprint density at radius 1 is 1.47 bits per heavy atom. The molecule has 0 spiro atoms. The van der Waals surface area contributed by atoms with Gasteiger partial charge in [-0.1, -0.05) is 24.8 Å². The molecule has 0 saturated carbocycles. The average Bonchev–Trinajstić information content (AvgIpc) is 2.70. The molecule has 0 aliphatic heterocycles. The molecular weight excluding hydrogens is 186 g/mol. The number of H-pyrrole nitrogens is 1. The summed E-state index contributed by atoms with van der Waals surface area (Å²) in [5.74, 6) is 0. The van der Waals surface area contributed by atoms with E-state index >= 15 is 0 Å². The molecule has 2 heteroatoms. The first-order chi connectivity index (χ1) is 7.24. The predicted molar refractivity (Wildman–Crippen MR) is 61.6 cm³/mol. The van der Waals surface area contributed by atoms with Gasteiger partial charge in [-0.25, -0.2) is 0 Å². The zero-order valence-electron chi connectivity index (χ0n) is 8.62. The van der Waals surface area contributed by atoms with Gasteiger partial charge >= 0.3 is 0 Å². The lowest BCUT2D eigenvalue weighted by molar-refractivity contribution is 0.217. The van der Waals surface area contributed by atoms with Crippen molar-refractivity contribution in [2.24, 2.45) is 0 Å². The van der Waals surface area contributed by atoms with Crippen molar-refractivity contribution in [1.29, 1.82) is 0 Å². The Bertz CT molecular complexity index is 532. The largest absolute Gasteiger partial charge is 0.383 e. The highest BCUT2D eigenvalue weighted by molar-refractivity contribution is 5.83. The minimum absolute atomic E-state index is 0.626. The summed E-state index contributed by atoms with van der Waals surface area (Å²) in [6.45, 7) is 5.36. The molecule has 1 atom stereocenters. The van der Waals surface area contributed by atoms with E-state index in [0.29, 0.717) is 0 Å². The maximum Gasteiger partial charge on any atom is 0.109 e. The third-order valence-corrected chi connectivity index (χ3v) is 2.60. The molecule has 2 rings (SSSR count). The van der Waals surface area contributed by atoms with Crippen LogP contribution in [-0.2, 0) is 0 Å². The van der Waals surface area contributed by atoms with Gasteiger partial charge < -0.3 is 10.1 Å². The van der Waals surface area contributed by atoms with Crippen molar-refractivity contribution < 1.29 is 5.11 Å². The molecule has 0 fully saturated rings. The van der Waals surface area contributed by atoms with E-state index in [9.17, 15) is 5.11 Å². The smallest absolute Gasteiger partial charge is 0.109 e. The summed E-state index contributed by atoms with van der Waals surface area (Å²) in [7, 11) is 0. The molecule has 76 valence electrons. The normalized spacial score (nSPS) is 12.4. The fourth-order valence-corrected chi connectivity index (χ4v) is 1.65. The highest BCUT2D eigenvalue weighted by Gasteiger charge is 2.13. The zero-order chi connectivity index (χ0) is 10.8. The lowest BCUT2D eigenvalue weighted by Crippen LogP contribution is -1.96. The van der Waals surface area contributed by atoms with Crippen LogP contribution in [0.25, 0.3) is 10.9 Å². The molecule has 1 aromatic heterocycles. The van der Waals surface area contributed by atoms with Crippen LogP contribution in [-0.4, -0.2) is 10.1 Å². The highest BCUT2D eigenvalue weighted by atomic mass is 16.3. The van der Waals surface area contributed by atoms with Crippen molar-refractivity contribution in [2.75, 3.05) is 0 Å². The number of aliphatic hydroxyl groups excluding tert-OH is 1. The Balaban J connectivity index is 2.57. The molecule has 0 aliphatic rings. The quantitative estimate of drug-likeness (QED) is 0.717. The summed E-state index contributed by atoms with van der Waals surface area (Å²) in [4.78, 5) is 3.13. The summed E-state index contributed by atoms with van der Waals surface area (Å²) in [6.07, 6.45) is 1.20. The topological polar surface area (TPSA) is 36.0 Å². The molecule has 2 N–H and O–H groups in total. The number of hydrogen-bond donors (Lipinski definition) is 2. The van der Waals surface area contributed by atoms with Gasteiger partial charge in [-0.05, 0) is 13.0 Å². The molecule has 1 unspecified atom stereocenters. The molecule has 1 heterocycles. The number of nitrogens with one attached hydrogen (secondary N) is 1. The van der Waals surface area contributed by atoms with Crippen LogP contribution < -0.4 is 0 Å². The standard InChI is InChI=1S/C13H13NO/c1-3-9(2)13(15)11-8-14-12-7-5-4-6-10(11)12/h4-8,13-15H,1H2,2H3. The third kappa shape index (κ3) is 1.61. The van der Waals surface area contributed by atoms with E-state index in [1.807, 2.05) is 37.4 Å². The first kappa shape index (κ1) is 9.78. The van der Waals surface area contributed by atoms with E-state index in [2.05, 4.69) is 17.3 Å². The molecule has 15 heavy (non-hydrogen) atoms. The van der Waals surface area contributed by atoms with Crippen molar-refractivity contribution in [3.05, 3.63) is 53.9 Å². The van der Waals surface area contributed by atoms with Crippen LogP contribution in [0, 0.1) is 0 Å². The number of para-hydroxylation sites is 1. The maximum absolute atomic E-state index is 10.0. The van der Waals surface area contributed by atoms with Crippen LogP contribution >= 0.6 is 0 Å². The fourth-order valence-electron chi connectivity index (χ4n) is 1.65. The Morgan fingerprint density at radius 3 is 2.93 bits per heavy atom. The highest BCUT2D eigenvalue weighted by Crippen LogP contribution is 2.27. The molecule has 2 nitrogen and oxygen atoms in total. The van der Waals surface area contributed by atoms with E-state index in [0.717, 1.165) is 22.0 Å². The second kappa shape index (κ2) is 3.77. The van der Waals surface area contributed by atoms with Crippen molar-refractivity contribution in [2.45, 2.75) is 13.0 Å². The number of hydrogen-bond acceptors (Lipinski definition) is 1. The van der Waals surface area contributed by atoms with Gasteiger partial charge in [0, 0.05) is 28.2 Å². The van der Waals surface area contributed by atoms with Gasteiger partial charge in [-0.15, -0.1) is 5.73 Å². The average molecular weight is 199 g/mol. The van der Waals surface area contributed by atoms with Crippen LogP contribution in [0.1, 0.15) is 18.6 Å². The summed E-state index contributed by atoms with van der Waals surface area (Å²) in [6, 6.07) is 7.89. The molecule has 0 aliphatic carbocycles. The number of aromatic amines is 1. The van der Waals surface area contributed by atoms with Gasteiger partial charge in [0.05, 0.1) is 0 Å². The lowest BCUT2D eigenvalue weighted by Gasteiger charge is -2.07. The van der Waals surface area contributed by atoms with E-state index in [-0.39, 0.29) is 0 Å². The molecule has 0 radical (unpaired) electrons. The predicted octanol–water partition coefficient (Wildman–Crippen LogP) is 2.93. The first-order valence-electron chi connectivity index (χ1n) is 4.84. The summed E-state index contributed by atoms with van der Waals surface area (Å²) >= 11 is 0. The Hall–Kier alpha value is -1.76. The number of rotatable bonds is 2. The van der Waals surface area contributed by atoms with E-state index in [1.165, 1.54) is 0 Å². The van der Waals surface area contributed by atoms with E-state index in [1.54, 1.807) is 0 Å². The molecule has 2 aromatic rings. The lowest BCUT2D eigenvalue weighted by atomic mass is 10.0.